The third-order valence-electron chi connectivity index (χ3n) is 1.31. The number of rotatable bonds is 3. The van der Waals surface area contributed by atoms with Crippen molar-refractivity contribution in [2.45, 2.75) is 20.8 Å². The van der Waals surface area contributed by atoms with Gasteiger partial charge in [0, 0.05) is 0 Å². The zero-order valence-corrected chi connectivity index (χ0v) is 7.64. The molecule has 0 radical (unpaired) electrons. The molecule has 0 spiro atoms. The van der Waals surface area contributed by atoms with Crippen LogP contribution in [0.15, 0.2) is 36.0 Å². The molecule has 0 nitrogen and oxygen atoms in total. The minimum Gasteiger partial charge on any atom is -0.212 e. The fraction of sp³-hybridized carbons (Fsp3) is 0.400. The van der Waals surface area contributed by atoms with E-state index in [2.05, 4.69) is 0 Å². The lowest BCUT2D eigenvalue weighted by atomic mass is 10.2. The van der Waals surface area contributed by atoms with Crippen LogP contribution in [0.4, 0.5) is 8.78 Å². The highest BCUT2D eigenvalue weighted by Gasteiger charge is 1.94. The van der Waals surface area contributed by atoms with Gasteiger partial charge in [-0.05, 0) is 18.4 Å². The van der Waals surface area contributed by atoms with Crippen LogP contribution >= 0.6 is 0 Å². The van der Waals surface area contributed by atoms with Gasteiger partial charge >= 0.3 is 0 Å². The predicted molar refractivity (Wildman–Crippen MR) is 48.0 cm³/mol. The summed E-state index contributed by atoms with van der Waals surface area (Å²) in [7, 11) is 0. The van der Waals surface area contributed by atoms with Gasteiger partial charge in [-0.15, -0.1) is 0 Å². The Morgan fingerprint density at radius 2 is 1.92 bits per heavy atom. The second-order valence-electron chi connectivity index (χ2n) is 2.94. The number of allylic oxidation sites excluding steroid dienone is 5. The van der Waals surface area contributed by atoms with Crippen molar-refractivity contribution in [2.75, 3.05) is 0 Å². The Morgan fingerprint density at radius 1 is 1.33 bits per heavy atom. The molecular formula is C10H14F2. The summed E-state index contributed by atoms with van der Waals surface area (Å²) in [6.07, 6.45) is 5.15. The van der Waals surface area contributed by atoms with E-state index in [0.717, 1.165) is 0 Å². The maximum absolute atomic E-state index is 12.4. The van der Waals surface area contributed by atoms with Gasteiger partial charge in [0.05, 0.1) is 0 Å². The van der Waals surface area contributed by atoms with Crippen molar-refractivity contribution in [1.82, 2.24) is 0 Å². The van der Waals surface area contributed by atoms with Crippen molar-refractivity contribution in [3.05, 3.63) is 36.0 Å². The van der Waals surface area contributed by atoms with Gasteiger partial charge in [-0.2, -0.15) is 0 Å². The average Bonchev–Trinajstić information content (AvgIpc) is 2.02. The molecule has 0 saturated carbocycles. The van der Waals surface area contributed by atoms with Crippen molar-refractivity contribution in [1.29, 1.82) is 0 Å². The second kappa shape index (κ2) is 5.70. The van der Waals surface area contributed by atoms with Gasteiger partial charge in [0.2, 0.25) is 0 Å². The minimum atomic E-state index is -0.816. The highest BCUT2D eigenvalue weighted by Crippen LogP contribution is 2.10. The van der Waals surface area contributed by atoms with Gasteiger partial charge in [-0.3, -0.25) is 0 Å². The quantitative estimate of drug-likeness (QED) is 0.566. The van der Waals surface area contributed by atoms with E-state index in [9.17, 15) is 8.78 Å². The lowest BCUT2D eigenvalue weighted by molar-refractivity contribution is 0.595. The molecule has 0 fully saturated rings. The smallest absolute Gasteiger partial charge is 0.154 e. The predicted octanol–water partition coefficient (Wildman–Crippen LogP) is 3.93. The van der Waals surface area contributed by atoms with Crippen molar-refractivity contribution in [3.63, 3.8) is 0 Å². The van der Waals surface area contributed by atoms with Gasteiger partial charge in [0.25, 0.3) is 0 Å². The van der Waals surface area contributed by atoms with Crippen LogP contribution in [0, 0.1) is 5.92 Å². The normalized spacial score (nSPS) is 14.8. The van der Waals surface area contributed by atoms with Crippen LogP contribution in [-0.4, -0.2) is 0 Å². The molecule has 0 saturated heterocycles. The van der Waals surface area contributed by atoms with Gasteiger partial charge in [0.15, 0.2) is 5.83 Å². The molecular weight excluding hydrogens is 158 g/mol. The summed E-state index contributed by atoms with van der Waals surface area (Å²) in [6, 6.07) is 0. The largest absolute Gasteiger partial charge is 0.212 e. The van der Waals surface area contributed by atoms with Gasteiger partial charge < -0.3 is 0 Å². The van der Waals surface area contributed by atoms with Gasteiger partial charge in [-0.1, -0.05) is 32.1 Å². The lowest BCUT2D eigenvalue weighted by Gasteiger charge is -1.93. The lowest BCUT2D eigenvalue weighted by Crippen LogP contribution is -1.77. The Morgan fingerprint density at radius 3 is 2.33 bits per heavy atom. The monoisotopic (exact) mass is 172 g/mol. The Kier molecular flexibility index (Phi) is 5.26. The molecule has 0 heterocycles. The average molecular weight is 172 g/mol. The summed E-state index contributed by atoms with van der Waals surface area (Å²) in [5, 5.41) is 0. The molecule has 0 amide bonds. The molecule has 0 aliphatic heterocycles. The van der Waals surface area contributed by atoms with E-state index >= 15 is 0 Å². The zero-order chi connectivity index (χ0) is 9.56. The molecule has 0 N–H and O–H groups in total. The fourth-order valence-corrected chi connectivity index (χ4v) is 0.588. The van der Waals surface area contributed by atoms with Crippen LogP contribution in [0.1, 0.15) is 20.8 Å². The molecule has 0 aromatic heterocycles. The third kappa shape index (κ3) is 4.83. The molecule has 0 aromatic carbocycles. The van der Waals surface area contributed by atoms with Crippen molar-refractivity contribution < 1.29 is 8.78 Å². The highest BCUT2D eigenvalue weighted by atomic mass is 19.2. The first kappa shape index (κ1) is 11.1. The first-order valence-corrected chi connectivity index (χ1v) is 3.89. The molecule has 12 heavy (non-hydrogen) atoms. The summed E-state index contributed by atoms with van der Waals surface area (Å²) in [6.45, 7) is 5.55. The Labute approximate surface area is 72.3 Å². The topological polar surface area (TPSA) is 0 Å². The van der Waals surface area contributed by atoms with Crippen LogP contribution in [0.3, 0.4) is 0 Å². The Balaban J connectivity index is 4.19. The molecule has 0 unspecified atom stereocenters. The number of hydrogen-bond acceptors (Lipinski definition) is 0. The molecule has 2 heteroatoms. The fourth-order valence-electron chi connectivity index (χ4n) is 0.588. The van der Waals surface area contributed by atoms with E-state index in [0.29, 0.717) is 11.5 Å². The molecule has 0 rings (SSSR count). The summed E-state index contributed by atoms with van der Waals surface area (Å²) in [5.74, 6) is -0.394. The molecule has 0 aliphatic carbocycles. The molecule has 0 atom stereocenters. The van der Waals surface area contributed by atoms with Crippen LogP contribution in [-0.2, 0) is 0 Å². The van der Waals surface area contributed by atoms with Crippen LogP contribution in [0.5, 0.6) is 0 Å². The first-order valence-electron chi connectivity index (χ1n) is 3.89. The minimum absolute atomic E-state index is 0.0327. The SMILES string of the molecule is CC(=C/C=C/C(C)C)/C(F)=C/F. The van der Waals surface area contributed by atoms with E-state index in [-0.39, 0.29) is 6.33 Å². The standard InChI is InChI=1S/C10H14F2/c1-8(2)5-4-6-9(3)10(12)7-11/h4-8H,1-3H3/b5-4+,9-6-,10-7-. The van der Waals surface area contributed by atoms with Crippen molar-refractivity contribution in [3.8, 4) is 0 Å². The van der Waals surface area contributed by atoms with E-state index < -0.39 is 5.83 Å². The van der Waals surface area contributed by atoms with Crippen LogP contribution < -0.4 is 0 Å². The van der Waals surface area contributed by atoms with E-state index in [1.54, 1.807) is 12.2 Å². The number of halogens is 2. The molecule has 0 bridgehead atoms. The summed E-state index contributed by atoms with van der Waals surface area (Å²) in [5.41, 5.74) is 0.300. The van der Waals surface area contributed by atoms with E-state index in [1.165, 1.54) is 6.92 Å². The summed E-state index contributed by atoms with van der Waals surface area (Å²) in [4.78, 5) is 0. The molecule has 68 valence electrons. The van der Waals surface area contributed by atoms with Crippen molar-refractivity contribution >= 4 is 0 Å². The maximum Gasteiger partial charge on any atom is 0.154 e. The van der Waals surface area contributed by atoms with Crippen LogP contribution in [0.25, 0.3) is 0 Å². The summed E-state index contributed by atoms with van der Waals surface area (Å²) < 4.78 is 24.1. The van der Waals surface area contributed by atoms with Gasteiger partial charge in [-0.25, -0.2) is 8.78 Å². The van der Waals surface area contributed by atoms with E-state index in [1.807, 2.05) is 19.9 Å². The molecule has 0 aromatic rings. The first-order chi connectivity index (χ1) is 5.57. The second-order valence-corrected chi connectivity index (χ2v) is 2.94. The number of hydrogen-bond donors (Lipinski definition) is 0. The Hall–Kier alpha value is -0.920. The third-order valence-corrected chi connectivity index (χ3v) is 1.31. The maximum atomic E-state index is 12.4. The van der Waals surface area contributed by atoms with Gasteiger partial charge in [0.1, 0.15) is 6.33 Å². The van der Waals surface area contributed by atoms with E-state index in [4.69, 9.17) is 0 Å². The Bertz CT molecular complexity index is 210. The van der Waals surface area contributed by atoms with Crippen molar-refractivity contribution in [2.24, 2.45) is 5.92 Å². The highest BCUT2D eigenvalue weighted by molar-refractivity contribution is 5.25. The molecule has 0 aliphatic rings. The summed E-state index contributed by atoms with van der Waals surface area (Å²) >= 11 is 0. The van der Waals surface area contributed by atoms with Crippen LogP contribution in [0.2, 0.25) is 0 Å². The zero-order valence-electron chi connectivity index (χ0n) is 7.64.